The van der Waals surface area contributed by atoms with E-state index in [2.05, 4.69) is 12.1 Å². The van der Waals surface area contributed by atoms with Crippen molar-refractivity contribution < 1.29 is 0 Å². The Morgan fingerprint density at radius 2 is 1.76 bits per heavy atom. The number of fused-ring (bicyclic) bond motifs is 3. The Morgan fingerprint density at radius 1 is 0.941 bits per heavy atom. The fraction of sp³-hybridized carbons (Fsp3) is 0. The molecule has 0 aromatic heterocycles. The van der Waals surface area contributed by atoms with Crippen LogP contribution in [-0.4, -0.2) is 0 Å². The third-order valence-electron chi connectivity index (χ3n) is 2.72. The fourth-order valence-electron chi connectivity index (χ4n) is 1.99. The lowest BCUT2D eigenvalue weighted by Crippen LogP contribution is -1.82. The predicted molar refractivity (Wildman–Crippen MR) is 74.2 cm³/mol. The summed E-state index contributed by atoms with van der Waals surface area (Å²) >= 11 is 18.6. The average Bonchev–Trinajstić information content (AvgIpc) is 2.33. The fourth-order valence-corrected chi connectivity index (χ4v) is 2.84. The smallest absolute Gasteiger partial charge is 0.0579 e. The van der Waals surface area contributed by atoms with E-state index in [-0.39, 0.29) is 0 Å². The molecule has 82 valence electrons. The van der Waals surface area contributed by atoms with Crippen molar-refractivity contribution in [2.45, 2.75) is 0 Å². The first kappa shape index (κ1) is 11.2. The van der Waals surface area contributed by atoms with Crippen molar-refractivity contribution in [2.75, 3.05) is 0 Å². The highest BCUT2D eigenvalue weighted by Crippen LogP contribution is 2.39. The van der Waals surface area contributed by atoms with Crippen molar-refractivity contribution in [3.8, 4) is 0 Å². The SMILES string of the molecule is Clc1[c]cc(Cl)c2c1c(Cl)cc1c[c]ccc12. The number of benzene rings is 3. The zero-order valence-corrected chi connectivity index (χ0v) is 10.8. The molecule has 0 bridgehead atoms. The van der Waals surface area contributed by atoms with Crippen LogP contribution in [0.2, 0.25) is 15.1 Å². The van der Waals surface area contributed by atoms with E-state index in [0.717, 1.165) is 21.5 Å². The Balaban J connectivity index is 2.69. The Labute approximate surface area is 114 Å². The number of rotatable bonds is 0. The maximum atomic E-state index is 6.24. The second kappa shape index (κ2) is 4.06. The molecule has 0 heterocycles. The van der Waals surface area contributed by atoms with Gasteiger partial charge < -0.3 is 0 Å². The molecule has 0 nitrogen and oxygen atoms in total. The Hall–Kier alpha value is -0.950. The maximum Gasteiger partial charge on any atom is 0.0579 e. The van der Waals surface area contributed by atoms with Crippen molar-refractivity contribution >= 4 is 56.3 Å². The summed E-state index contributed by atoms with van der Waals surface area (Å²) in [6.45, 7) is 0. The Bertz CT molecular complexity index is 732. The molecule has 2 radical (unpaired) electrons. The largest absolute Gasteiger partial charge is 0.0836 e. The second-order valence-electron chi connectivity index (χ2n) is 3.71. The molecule has 0 unspecified atom stereocenters. The van der Waals surface area contributed by atoms with Gasteiger partial charge >= 0.3 is 0 Å². The minimum Gasteiger partial charge on any atom is -0.0836 e. The van der Waals surface area contributed by atoms with E-state index in [1.807, 2.05) is 24.3 Å². The van der Waals surface area contributed by atoms with Crippen LogP contribution in [0.1, 0.15) is 0 Å². The van der Waals surface area contributed by atoms with Gasteiger partial charge in [0.05, 0.1) is 10.0 Å². The highest BCUT2D eigenvalue weighted by Gasteiger charge is 2.11. The van der Waals surface area contributed by atoms with E-state index in [4.69, 9.17) is 34.8 Å². The summed E-state index contributed by atoms with van der Waals surface area (Å²) in [6, 6.07) is 15.1. The molecule has 0 amide bonds. The quantitative estimate of drug-likeness (QED) is 0.473. The predicted octanol–water partition coefficient (Wildman–Crippen LogP) is 5.55. The lowest BCUT2D eigenvalue weighted by atomic mass is 10.0. The molecule has 17 heavy (non-hydrogen) atoms. The van der Waals surface area contributed by atoms with E-state index in [9.17, 15) is 0 Å². The minimum absolute atomic E-state index is 0.490. The van der Waals surface area contributed by atoms with Crippen LogP contribution < -0.4 is 0 Å². The summed E-state index contributed by atoms with van der Waals surface area (Å²) in [6.07, 6.45) is 0. The maximum absolute atomic E-state index is 6.24. The van der Waals surface area contributed by atoms with Crippen LogP contribution in [0.15, 0.2) is 30.3 Å². The first-order chi connectivity index (χ1) is 8.18. The van der Waals surface area contributed by atoms with E-state index < -0.39 is 0 Å². The van der Waals surface area contributed by atoms with Gasteiger partial charge in [-0.05, 0) is 35.0 Å². The topological polar surface area (TPSA) is 0 Å². The number of hydrogen-bond donors (Lipinski definition) is 0. The summed E-state index contributed by atoms with van der Waals surface area (Å²) in [5, 5.41) is 5.30. The standard InChI is InChI=1S/C14H5Cl3/c15-10-5-6-11(16)14-12(17)7-8-3-1-2-4-9(8)13(10)14/h2-5,7H. The Morgan fingerprint density at radius 3 is 2.59 bits per heavy atom. The van der Waals surface area contributed by atoms with Crippen molar-refractivity contribution in [3.05, 3.63) is 57.5 Å². The molecule has 0 atom stereocenters. The summed E-state index contributed by atoms with van der Waals surface area (Å²) in [5.41, 5.74) is 0. The van der Waals surface area contributed by atoms with Gasteiger partial charge in [-0.25, -0.2) is 0 Å². The second-order valence-corrected chi connectivity index (χ2v) is 4.90. The van der Waals surface area contributed by atoms with Gasteiger partial charge in [0.2, 0.25) is 0 Å². The molecule has 0 spiro atoms. The summed E-state index contributed by atoms with van der Waals surface area (Å²) < 4.78 is 0. The van der Waals surface area contributed by atoms with E-state index in [1.54, 1.807) is 6.07 Å². The van der Waals surface area contributed by atoms with Crippen LogP contribution in [0.5, 0.6) is 0 Å². The lowest BCUT2D eigenvalue weighted by Gasteiger charge is -2.09. The van der Waals surface area contributed by atoms with E-state index in [0.29, 0.717) is 15.1 Å². The minimum atomic E-state index is 0.490. The van der Waals surface area contributed by atoms with Gasteiger partial charge in [0, 0.05) is 21.9 Å². The molecule has 0 saturated heterocycles. The van der Waals surface area contributed by atoms with Crippen molar-refractivity contribution in [2.24, 2.45) is 0 Å². The lowest BCUT2D eigenvalue weighted by molar-refractivity contribution is 1.74. The van der Waals surface area contributed by atoms with Crippen molar-refractivity contribution in [1.29, 1.82) is 0 Å². The molecule has 3 aromatic carbocycles. The zero-order valence-electron chi connectivity index (χ0n) is 8.52. The van der Waals surface area contributed by atoms with Crippen LogP contribution in [-0.2, 0) is 0 Å². The van der Waals surface area contributed by atoms with Crippen LogP contribution in [0.4, 0.5) is 0 Å². The van der Waals surface area contributed by atoms with Gasteiger partial charge in [-0.2, -0.15) is 0 Å². The van der Waals surface area contributed by atoms with Crippen LogP contribution in [0.25, 0.3) is 21.5 Å². The van der Waals surface area contributed by atoms with Crippen molar-refractivity contribution in [3.63, 3.8) is 0 Å². The van der Waals surface area contributed by atoms with Crippen LogP contribution in [0.3, 0.4) is 0 Å². The summed E-state index contributed by atoms with van der Waals surface area (Å²) in [5.74, 6) is 0. The molecule has 3 rings (SSSR count). The first-order valence-electron chi connectivity index (χ1n) is 4.96. The number of hydrogen-bond acceptors (Lipinski definition) is 0. The molecule has 0 aliphatic heterocycles. The molecule has 0 saturated carbocycles. The number of halogens is 3. The average molecular weight is 280 g/mol. The highest BCUT2D eigenvalue weighted by molar-refractivity contribution is 6.47. The van der Waals surface area contributed by atoms with Crippen molar-refractivity contribution in [1.82, 2.24) is 0 Å². The monoisotopic (exact) mass is 278 g/mol. The third-order valence-corrected chi connectivity index (χ3v) is 3.61. The van der Waals surface area contributed by atoms with E-state index >= 15 is 0 Å². The highest BCUT2D eigenvalue weighted by atomic mass is 35.5. The molecule has 3 heteroatoms. The van der Waals surface area contributed by atoms with Crippen LogP contribution >= 0.6 is 34.8 Å². The molecule has 0 fully saturated rings. The molecule has 0 aliphatic carbocycles. The van der Waals surface area contributed by atoms with Gasteiger partial charge in [0.1, 0.15) is 0 Å². The Kier molecular flexibility index (Phi) is 2.67. The van der Waals surface area contributed by atoms with Crippen LogP contribution in [0, 0.1) is 12.1 Å². The van der Waals surface area contributed by atoms with E-state index in [1.165, 1.54) is 0 Å². The zero-order chi connectivity index (χ0) is 12.0. The molecule has 3 aromatic rings. The summed E-state index contributed by atoms with van der Waals surface area (Å²) in [7, 11) is 0. The van der Waals surface area contributed by atoms with Gasteiger partial charge in [0.25, 0.3) is 0 Å². The summed E-state index contributed by atoms with van der Waals surface area (Å²) in [4.78, 5) is 0. The third kappa shape index (κ3) is 1.68. The molecular formula is C14H5Cl3. The van der Waals surface area contributed by atoms with Gasteiger partial charge in [-0.1, -0.05) is 46.9 Å². The van der Waals surface area contributed by atoms with Gasteiger partial charge in [-0.15, -0.1) is 0 Å². The normalized spacial score (nSPS) is 11.2. The molecular weight excluding hydrogens is 275 g/mol. The van der Waals surface area contributed by atoms with Gasteiger partial charge in [0.15, 0.2) is 0 Å². The molecule has 0 aliphatic rings. The molecule has 0 N–H and O–H groups in total. The van der Waals surface area contributed by atoms with Gasteiger partial charge in [-0.3, -0.25) is 0 Å². The first-order valence-corrected chi connectivity index (χ1v) is 6.09.